The minimum absolute atomic E-state index is 0.0797. The Hall–Kier alpha value is -2.80. The number of amides is 2. The molecule has 1 saturated heterocycles. The van der Waals surface area contributed by atoms with Crippen LogP contribution in [0.4, 0.5) is 5.69 Å². The van der Waals surface area contributed by atoms with Gasteiger partial charge < -0.3 is 15.4 Å². The molecular weight excluding hydrogens is 386 g/mol. The first-order valence-electron chi connectivity index (χ1n) is 9.73. The molecule has 0 unspecified atom stereocenters. The third kappa shape index (κ3) is 6.35. The zero-order valence-corrected chi connectivity index (χ0v) is 17.2. The fourth-order valence-electron chi connectivity index (χ4n) is 2.82. The van der Waals surface area contributed by atoms with E-state index in [-0.39, 0.29) is 18.2 Å². The summed E-state index contributed by atoms with van der Waals surface area (Å²) in [7, 11) is 0. The van der Waals surface area contributed by atoms with Crippen molar-refractivity contribution in [2.75, 3.05) is 18.5 Å². The summed E-state index contributed by atoms with van der Waals surface area (Å²) in [6, 6.07) is 17.4. The highest BCUT2D eigenvalue weighted by Gasteiger charge is 2.32. The molecule has 0 aliphatic carbocycles. The minimum atomic E-state index is -0.478. The molecule has 2 aromatic carbocycles. The molecule has 2 aromatic rings. The first-order chi connectivity index (χ1) is 14.2. The SMILES string of the molecule is CCCOc1ccccc1NC(=O)C[C@H]1SC(=NCCc2ccccc2)NC1=O. The summed E-state index contributed by atoms with van der Waals surface area (Å²) in [6.07, 6.45) is 1.77. The average Bonchev–Trinajstić information content (AvgIpc) is 3.07. The Kier molecular flexibility index (Phi) is 7.69. The van der Waals surface area contributed by atoms with E-state index in [1.807, 2.05) is 43.3 Å². The number of aliphatic imine (C=N–C) groups is 1. The van der Waals surface area contributed by atoms with E-state index < -0.39 is 5.25 Å². The number of para-hydroxylation sites is 2. The molecular formula is C22H25N3O3S. The molecule has 2 N–H and O–H groups in total. The van der Waals surface area contributed by atoms with Crippen LogP contribution in [0.5, 0.6) is 5.75 Å². The Labute approximate surface area is 175 Å². The first-order valence-corrected chi connectivity index (χ1v) is 10.6. The highest BCUT2D eigenvalue weighted by molar-refractivity contribution is 8.15. The Morgan fingerprint density at radius 3 is 2.72 bits per heavy atom. The van der Waals surface area contributed by atoms with E-state index in [1.54, 1.807) is 6.07 Å². The number of amidine groups is 1. The lowest BCUT2D eigenvalue weighted by molar-refractivity contribution is -0.122. The van der Waals surface area contributed by atoms with Gasteiger partial charge in [-0.3, -0.25) is 14.6 Å². The molecule has 6 nitrogen and oxygen atoms in total. The number of hydrogen-bond acceptors (Lipinski definition) is 5. The van der Waals surface area contributed by atoms with Crippen molar-refractivity contribution in [2.24, 2.45) is 4.99 Å². The Morgan fingerprint density at radius 1 is 1.17 bits per heavy atom. The molecule has 1 atom stereocenters. The third-order valence-electron chi connectivity index (χ3n) is 4.27. The molecule has 152 valence electrons. The predicted octanol–water partition coefficient (Wildman–Crippen LogP) is 3.63. The molecule has 0 spiro atoms. The van der Waals surface area contributed by atoms with E-state index in [0.29, 0.717) is 29.8 Å². The van der Waals surface area contributed by atoms with E-state index in [2.05, 4.69) is 27.8 Å². The Morgan fingerprint density at radius 2 is 1.93 bits per heavy atom. The Balaban J connectivity index is 1.51. The van der Waals surface area contributed by atoms with Gasteiger partial charge in [0, 0.05) is 13.0 Å². The fraction of sp³-hybridized carbons (Fsp3) is 0.318. The molecule has 0 radical (unpaired) electrons. The third-order valence-corrected chi connectivity index (χ3v) is 5.39. The van der Waals surface area contributed by atoms with Gasteiger partial charge >= 0.3 is 0 Å². The smallest absolute Gasteiger partial charge is 0.240 e. The van der Waals surface area contributed by atoms with Gasteiger partial charge in [-0.25, -0.2) is 0 Å². The van der Waals surface area contributed by atoms with Gasteiger partial charge in [-0.15, -0.1) is 0 Å². The van der Waals surface area contributed by atoms with Gasteiger partial charge in [0.2, 0.25) is 11.8 Å². The van der Waals surface area contributed by atoms with E-state index in [0.717, 1.165) is 12.8 Å². The van der Waals surface area contributed by atoms with Gasteiger partial charge in [-0.2, -0.15) is 0 Å². The van der Waals surface area contributed by atoms with Crippen LogP contribution in [0.25, 0.3) is 0 Å². The van der Waals surface area contributed by atoms with Crippen molar-refractivity contribution in [3.05, 3.63) is 60.2 Å². The van der Waals surface area contributed by atoms with Crippen LogP contribution < -0.4 is 15.4 Å². The van der Waals surface area contributed by atoms with E-state index >= 15 is 0 Å². The molecule has 0 saturated carbocycles. The zero-order valence-electron chi connectivity index (χ0n) is 16.4. The molecule has 1 aliphatic heterocycles. The second kappa shape index (κ2) is 10.7. The van der Waals surface area contributed by atoms with Crippen LogP contribution in [0.3, 0.4) is 0 Å². The highest BCUT2D eigenvalue weighted by atomic mass is 32.2. The molecule has 0 aromatic heterocycles. The number of benzene rings is 2. The molecule has 29 heavy (non-hydrogen) atoms. The summed E-state index contributed by atoms with van der Waals surface area (Å²) in [6.45, 7) is 3.19. The lowest BCUT2D eigenvalue weighted by Gasteiger charge is -2.12. The van der Waals surface area contributed by atoms with Crippen molar-refractivity contribution < 1.29 is 14.3 Å². The number of anilines is 1. The second-order valence-electron chi connectivity index (χ2n) is 6.62. The minimum Gasteiger partial charge on any atom is -0.491 e. The summed E-state index contributed by atoms with van der Waals surface area (Å²) in [5.74, 6) is 0.226. The molecule has 3 rings (SSSR count). The summed E-state index contributed by atoms with van der Waals surface area (Å²) < 4.78 is 5.66. The standard InChI is InChI=1S/C22H25N3O3S/c1-2-14-28-18-11-7-6-10-17(18)24-20(26)15-19-21(27)25-22(29-19)23-13-12-16-8-4-3-5-9-16/h3-11,19H,2,12-15H2,1H3,(H,24,26)(H,23,25,27)/t19-/m1/s1. The van der Waals surface area contributed by atoms with Crippen LogP contribution in [-0.2, 0) is 16.0 Å². The summed E-state index contributed by atoms with van der Waals surface area (Å²) in [5, 5.41) is 5.72. The number of nitrogens with one attached hydrogen (secondary N) is 2. The van der Waals surface area contributed by atoms with E-state index in [4.69, 9.17) is 4.74 Å². The quantitative estimate of drug-likeness (QED) is 0.660. The van der Waals surface area contributed by atoms with E-state index in [1.165, 1.54) is 17.3 Å². The molecule has 1 fully saturated rings. The van der Waals surface area contributed by atoms with Gasteiger partial charge in [-0.1, -0.05) is 61.2 Å². The van der Waals surface area contributed by atoms with Gasteiger partial charge in [0.15, 0.2) is 5.17 Å². The first kappa shape index (κ1) is 20.9. The van der Waals surface area contributed by atoms with Gasteiger partial charge in [-0.05, 0) is 30.5 Å². The number of thioether (sulfide) groups is 1. The maximum Gasteiger partial charge on any atom is 0.240 e. The Bertz CT molecular complexity index is 871. The lowest BCUT2D eigenvalue weighted by atomic mass is 10.2. The summed E-state index contributed by atoms with van der Waals surface area (Å²) in [5.41, 5.74) is 1.82. The van der Waals surface area contributed by atoms with Crippen molar-refractivity contribution in [3.8, 4) is 5.75 Å². The van der Waals surface area contributed by atoms with Crippen LogP contribution in [0.2, 0.25) is 0 Å². The van der Waals surface area contributed by atoms with Gasteiger partial charge in [0.25, 0.3) is 0 Å². The molecule has 1 heterocycles. The van der Waals surface area contributed by atoms with Crippen LogP contribution in [0, 0.1) is 0 Å². The van der Waals surface area contributed by atoms with E-state index in [9.17, 15) is 9.59 Å². The fourth-order valence-corrected chi connectivity index (χ4v) is 3.82. The monoisotopic (exact) mass is 411 g/mol. The molecule has 0 bridgehead atoms. The molecule has 1 aliphatic rings. The number of nitrogens with zero attached hydrogens (tertiary/aromatic N) is 1. The number of carbonyl (C=O) groups is 2. The van der Waals surface area contributed by atoms with Gasteiger partial charge in [0.1, 0.15) is 11.0 Å². The van der Waals surface area contributed by atoms with Crippen molar-refractivity contribution in [1.29, 1.82) is 0 Å². The summed E-state index contributed by atoms with van der Waals surface area (Å²) in [4.78, 5) is 29.1. The number of rotatable bonds is 9. The number of hydrogen-bond donors (Lipinski definition) is 2. The number of carbonyl (C=O) groups excluding carboxylic acids is 2. The second-order valence-corrected chi connectivity index (χ2v) is 7.81. The zero-order chi connectivity index (χ0) is 20.5. The average molecular weight is 412 g/mol. The topological polar surface area (TPSA) is 79.8 Å². The van der Waals surface area contributed by atoms with Crippen molar-refractivity contribution in [3.63, 3.8) is 0 Å². The largest absolute Gasteiger partial charge is 0.491 e. The van der Waals surface area contributed by atoms with Crippen molar-refractivity contribution >= 4 is 34.4 Å². The summed E-state index contributed by atoms with van der Waals surface area (Å²) >= 11 is 1.31. The molecule has 2 amide bonds. The lowest BCUT2D eigenvalue weighted by Crippen LogP contribution is -2.28. The molecule has 7 heteroatoms. The van der Waals surface area contributed by atoms with Crippen molar-refractivity contribution in [1.82, 2.24) is 5.32 Å². The highest BCUT2D eigenvalue weighted by Crippen LogP contribution is 2.26. The van der Waals surface area contributed by atoms with Crippen LogP contribution in [-0.4, -0.2) is 35.4 Å². The van der Waals surface area contributed by atoms with Crippen molar-refractivity contribution in [2.45, 2.75) is 31.4 Å². The van der Waals surface area contributed by atoms with Gasteiger partial charge in [0.05, 0.1) is 12.3 Å². The van der Waals surface area contributed by atoms with Crippen LogP contribution in [0.15, 0.2) is 59.6 Å². The predicted molar refractivity (Wildman–Crippen MR) is 117 cm³/mol. The maximum atomic E-state index is 12.4. The van der Waals surface area contributed by atoms with Crippen LogP contribution in [0.1, 0.15) is 25.3 Å². The number of ether oxygens (including phenoxy) is 1. The maximum absolute atomic E-state index is 12.4. The van der Waals surface area contributed by atoms with Crippen LogP contribution >= 0.6 is 11.8 Å². The normalized spacial score (nSPS) is 17.2.